The molecule has 3 aromatic rings. The van der Waals surface area contributed by atoms with E-state index < -0.39 is 5.97 Å². The molecule has 8 heteroatoms. The lowest BCUT2D eigenvalue weighted by atomic mass is 10.1. The Bertz CT molecular complexity index is 1090. The number of benzene rings is 2. The van der Waals surface area contributed by atoms with Crippen LogP contribution in [0.3, 0.4) is 0 Å². The van der Waals surface area contributed by atoms with Crippen LogP contribution in [0.5, 0.6) is 17.2 Å². The van der Waals surface area contributed by atoms with E-state index >= 15 is 0 Å². The van der Waals surface area contributed by atoms with E-state index in [1.807, 2.05) is 32.0 Å². The van der Waals surface area contributed by atoms with Crippen LogP contribution >= 0.6 is 11.3 Å². The smallest absolute Gasteiger partial charge is 0.353 e. The molecule has 1 aromatic heterocycles. The van der Waals surface area contributed by atoms with Crippen molar-refractivity contribution in [3.8, 4) is 17.2 Å². The van der Waals surface area contributed by atoms with Crippen molar-refractivity contribution < 1.29 is 23.8 Å². The van der Waals surface area contributed by atoms with E-state index in [0.29, 0.717) is 27.7 Å². The normalized spacial score (nSPS) is 10.7. The van der Waals surface area contributed by atoms with Crippen LogP contribution < -0.4 is 19.6 Å². The zero-order valence-corrected chi connectivity index (χ0v) is 18.2. The maximum Gasteiger partial charge on any atom is 0.353 e. The SMILES string of the molecule is COc1cc(/C=N/NC(=O)COc2cc(C)ccc2C)ccc1OC(=O)c1cccs1. The first-order valence-electron chi connectivity index (χ1n) is 9.42. The van der Waals surface area contributed by atoms with E-state index in [0.717, 1.165) is 11.1 Å². The molecule has 7 nitrogen and oxygen atoms in total. The van der Waals surface area contributed by atoms with Crippen LogP contribution in [0.2, 0.25) is 0 Å². The van der Waals surface area contributed by atoms with Crippen molar-refractivity contribution in [2.24, 2.45) is 5.10 Å². The average Bonchev–Trinajstić information content (AvgIpc) is 3.30. The Hall–Kier alpha value is -3.65. The minimum absolute atomic E-state index is 0.150. The molecule has 160 valence electrons. The number of hydrogen-bond acceptors (Lipinski definition) is 7. The molecule has 0 saturated carbocycles. The number of esters is 1. The van der Waals surface area contributed by atoms with Crippen LogP contribution in [0.25, 0.3) is 0 Å². The second kappa shape index (κ2) is 10.4. The quantitative estimate of drug-likeness (QED) is 0.247. The first kappa shape index (κ1) is 22.0. The molecule has 0 bridgehead atoms. The van der Waals surface area contributed by atoms with Crippen LogP contribution in [0, 0.1) is 13.8 Å². The molecule has 1 N–H and O–H groups in total. The lowest BCUT2D eigenvalue weighted by molar-refractivity contribution is -0.123. The molecule has 31 heavy (non-hydrogen) atoms. The molecule has 0 saturated heterocycles. The van der Waals surface area contributed by atoms with Crippen LogP contribution in [0.4, 0.5) is 0 Å². The highest BCUT2D eigenvalue weighted by Gasteiger charge is 2.13. The van der Waals surface area contributed by atoms with Crippen LogP contribution in [-0.4, -0.2) is 31.8 Å². The molecule has 2 aromatic carbocycles. The Morgan fingerprint density at radius 1 is 1.06 bits per heavy atom. The number of nitrogens with one attached hydrogen (secondary N) is 1. The van der Waals surface area contributed by atoms with Crippen molar-refractivity contribution in [2.45, 2.75) is 13.8 Å². The average molecular weight is 439 g/mol. The number of thiophene rings is 1. The fourth-order valence-corrected chi connectivity index (χ4v) is 3.21. The minimum atomic E-state index is -0.453. The lowest BCUT2D eigenvalue weighted by Crippen LogP contribution is -2.24. The molecular weight excluding hydrogens is 416 g/mol. The highest BCUT2D eigenvalue weighted by atomic mass is 32.1. The molecule has 0 fully saturated rings. The van der Waals surface area contributed by atoms with E-state index in [-0.39, 0.29) is 12.5 Å². The second-order valence-corrected chi connectivity index (χ2v) is 7.58. The van der Waals surface area contributed by atoms with Crippen LogP contribution in [0.1, 0.15) is 26.4 Å². The number of ether oxygens (including phenoxy) is 3. The van der Waals surface area contributed by atoms with Gasteiger partial charge in [-0.15, -0.1) is 11.3 Å². The summed E-state index contributed by atoms with van der Waals surface area (Å²) in [6.07, 6.45) is 1.46. The molecule has 0 unspecified atom stereocenters. The second-order valence-electron chi connectivity index (χ2n) is 6.63. The number of nitrogens with zero attached hydrogens (tertiary/aromatic N) is 1. The number of carbonyl (C=O) groups is 2. The number of rotatable bonds is 8. The Morgan fingerprint density at radius 3 is 2.65 bits per heavy atom. The summed E-state index contributed by atoms with van der Waals surface area (Å²) in [5.74, 6) is 0.496. The van der Waals surface area contributed by atoms with Gasteiger partial charge in [-0.3, -0.25) is 4.79 Å². The third-order valence-corrected chi connectivity index (χ3v) is 5.07. The standard InChI is InChI=1S/C23H22N2O5S/c1-15-6-7-16(2)19(11-15)29-14-22(26)25-24-13-17-8-9-18(20(12-17)28-3)30-23(27)21-5-4-10-31-21/h4-13H,14H2,1-3H3,(H,25,26)/b24-13+. The molecular formula is C23H22N2O5S. The molecule has 0 aliphatic rings. The van der Waals surface area contributed by atoms with Gasteiger partial charge in [0.05, 0.1) is 13.3 Å². The predicted octanol–water partition coefficient (Wildman–Crippen LogP) is 4.12. The van der Waals surface area contributed by atoms with Gasteiger partial charge in [0.2, 0.25) is 0 Å². The number of carbonyl (C=O) groups excluding carboxylic acids is 2. The van der Waals surface area contributed by atoms with Gasteiger partial charge in [-0.2, -0.15) is 5.10 Å². The first-order chi connectivity index (χ1) is 15.0. The van der Waals surface area contributed by atoms with Crippen molar-refractivity contribution in [3.63, 3.8) is 0 Å². The Balaban J connectivity index is 1.56. The third kappa shape index (κ3) is 6.16. The van der Waals surface area contributed by atoms with Crippen molar-refractivity contribution in [3.05, 3.63) is 75.5 Å². The Morgan fingerprint density at radius 2 is 1.90 bits per heavy atom. The van der Waals surface area contributed by atoms with Gasteiger partial charge >= 0.3 is 5.97 Å². The summed E-state index contributed by atoms with van der Waals surface area (Å²) in [6.45, 7) is 3.72. The molecule has 0 aliphatic carbocycles. The zero-order valence-electron chi connectivity index (χ0n) is 17.4. The molecule has 1 amide bonds. The first-order valence-corrected chi connectivity index (χ1v) is 10.3. The summed E-state index contributed by atoms with van der Waals surface area (Å²) in [7, 11) is 1.48. The van der Waals surface area contributed by atoms with E-state index in [1.54, 1.807) is 35.7 Å². The highest BCUT2D eigenvalue weighted by molar-refractivity contribution is 7.12. The molecule has 0 spiro atoms. The van der Waals surface area contributed by atoms with E-state index in [4.69, 9.17) is 14.2 Å². The van der Waals surface area contributed by atoms with Crippen molar-refractivity contribution in [2.75, 3.05) is 13.7 Å². The lowest BCUT2D eigenvalue weighted by Gasteiger charge is -2.09. The highest BCUT2D eigenvalue weighted by Crippen LogP contribution is 2.28. The van der Waals surface area contributed by atoms with Gasteiger partial charge in [0.15, 0.2) is 18.1 Å². The van der Waals surface area contributed by atoms with Gasteiger partial charge < -0.3 is 14.2 Å². The van der Waals surface area contributed by atoms with Gasteiger partial charge in [-0.25, -0.2) is 10.2 Å². The maximum absolute atomic E-state index is 12.1. The molecule has 0 atom stereocenters. The third-order valence-electron chi connectivity index (χ3n) is 4.22. The van der Waals surface area contributed by atoms with Gasteiger partial charge in [0.1, 0.15) is 10.6 Å². The zero-order chi connectivity index (χ0) is 22.2. The van der Waals surface area contributed by atoms with Crippen molar-refractivity contribution in [1.82, 2.24) is 5.43 Å². The van der Waals surface area contributed by atoms with Crippen LogP contribution in [0.15, 0.2) is 59.0 Å². The summed E-state index contributed by atoms with van der Waals surface area (Å²) in [6, 6.07) is 14.2. The van der Waals surface area contributed by atoms with E-state index in [1.165, 1.54) is 24.7 Å². The Kier molecular flexibility index (Phi) is 7.40. The van der Waals surface area contributed by atoms with Gasteiger partial charge in [0.25, 0.3) is 5.91 Å². The van der Waals surface area contributed by atoms with Gasteiger partial charge in [-0.1, -0.05) is 18.2 Å². The maximum atomic E-state index is 12.1. The van der Waals surface area contributed by atoms with Gasteiger partial charge in [0, 0.05) is 0 Å². The van der Waals surface area contributed by atoms with E-state index in [9.17, 15) is 9.59 Å². The molecule has 1 heterocycles. The molecule has 0 radical (unpaired) electrons. The van der Waals surface area contributed by atoms with Crippen molar-refractivity contribution >= 4 is 29.4 Å². The number of hydrazone groups is 1. The number of amides is 1. The minimum Gasteiger partial charge on any atom is -0.493 e. The number of aryl methyl sites for hydroxylation is 2. The summed E-state index contributed by atoms with van der Waals surface area (Å²) in [5.41, 5.74) is 5.08. The van der Waals surface area contributed by atoms with Crippen LogP contribution in [-0.2, 0) is 4.79 Å². The largest absolute Gasteiger partial charge is 0.493 e. The fourth-order valence-electron chi connectivity index (χ4n) is 2.61. The number of hydrogen-bond donors (Lipinski definition) is 1. The summed E-state index contributed by atoms with van der Waals surface area (Å²) in [5, 5.41) is 5.73. The monoisotopic (exact) mass is 438 g/mol. The number of methoxy groups -OCH3 is 1. The Labute approximate surface area is 184 Å². The summed E-state index contributed by atoms with van der Waals surface area (Å²) < 4.78 is 16.2. The van der Waals surface area contributed by atoms with Crippen molar-refractivity contribution in [1.29, 1.82) is 0 Å². The summed E-state index contributed by atoms with van der Waals surface area (Å²) >= 11 is 1.30. The molecule has 3 rings (SSSR count). The topological polar surface area (TPSA) is 86.2 Å². The fraction of sp³-hybridized carbons (Fsp3) is 0.174. The predicted molar refractivity (Wildman–Crippen MR) is 119 cm³/mol. The van der Waals surface area contributed by atoms with E-state index in [2.05, 4.69) is 10.5 Å². The van der Waals surface area contributed by atoms with Gasteiger partial charge in [-0.05, 0) is 66.2 Å². The molecule has 0 aliphatic heterocycles. The summed E-state index contributed by atoms with van der Waals surface area (Å²) in [4.78, 5) is 24.6.